The van der Waals surface area contributed by atoms with Gasteiger partial charge in [0.15, 0.2) is 6.10 Å². The lowest BCUT2D eigenvalue weighted by atomic mass is 9.99. The maximum absolute atomic E-state index is 14.0. The topological polar surface area (TPSA) is 115 Å². The zero-order chi connectivity index (χ0) is 34.2. The summed E-state index contributed by atoms with van der Waals surface area (Å²) in [6, 6.07) is 2.46. The van der Waals surface area contributed by atoms with Crippen molar-refractivity contribution in [3.05, 3.63) is 44.1 Å². The van der Waals surface area contributed by atoms with Crippen molar-refractivity contribution in [1.29, 1.82) is 0 Å². The molecular formula is C32H41BrF3N7O4S. The Morgan fingerprint density at radius 1 is 1.00 bits per heavy atom. The summed E-state index contributed by atoms with van der Waals surface area (Å²) < 4.78 is 47.3. The molecule has 1 aromatic carbocycles. The summed E-state index contributed by atoms with van der Waals surface area (Å²) >= 11 is 4.66. The fourth-order valence-corrected chi connectivity index (χ4v) is 8.40. The molecule has 48 heavy (non-hydrogen) atoms. The number of thiophene rings is 1. The molecule has 3 saturated heterocycles. The van der Waals surface area contributed by atoms with E-state index in [4.69, 9.17) is 10.5 Å². The van der Waals surface area contributed by atoms with Gasteiger partial charge in [0.25, 0.3) is 5.91 Å². The van der Waals surface area contributed by atoms with Crippen LogP contribution in [0.5, 0.6) is 0 Å². The van der Waals surface area contributed by atoms with Crippen molar-refractivity contribution in [1.82, 2.24) is 24.5 Å². The summed E-state index contributed by atoms with van der Waals surface area (Å²) in [7, 11) is 2.10. The molecule has 4 amide bonds. The first-order valence-corrected chi connectivity index (χ1v) is 18.1. The third-order valence-corrected chi connectivity index (χ3v) is 11.5. The normalized spacial score (nSPS) is 21.2. The number of urea groups is 1. The van der Waals surface area contributed by atoms with E-state index in [-0.39, 0.29) is 28.5 Å². The Morgan fingerprint density at radius 3 is 2.31 bits per heavy atom. The van der Waals surface area contributed by atoms with Gasteiger partial charge in [-0.25, -0.2) is 9.59 Å². The second-order valence-corrected chi connectivity index (χ2v) is 14.7. The van der Waals surface area contributed by atoms with E-state index in [0.717, 1.165) is 56.3 Å². The number of nitrogens with one attached hydrogen (secondary N) is 1. The number of ether oxygens (including phenoxy) is 1. The summed E-state index contributed by atoms with van der Waals surface area (Å²) in [6.45, 7) is 5.99. The molecule has 2 aromatic rings. The molecule has 16 heteroatoms. The maximum Gasteiger partial charge on any atom is 0.418 e. The van der Waals surface area contributed by atoms with Crippen LogP contribution in [0.2, 0.25) is 0 Å². The predicted octanol–water partition coefficient (Wildman–Crippen LogP) is 4.91. The minimum atomic E-state index is -4.70. The van der Waals surface area contributed by atoms with Gasteiger partial charge in [-0.3, -0.25) is 9.69 Å². The second kappa shape index (κ2) is 14.4. The predicted molar refractivity (Wildman–Crippen MR) is 180 cm³/mol. The Bertz CT molecular complexity index is 1500. The number of alkyl halides is 3. The van der Waals surface area contributed by atoms with E-state index in [1.807, 2.05) is 10.8 Å². The number of nitrogen functional groups attached to an aromatic ring is 1. The van der Waals surface area contributed by atoms with Crippen LogP contribution in [-0.2, 0) is 28.7 Å². The molecule has 4 aliphatic heterocycles. The first-order chi connectivity index (χ1) is 22.9. The van der Waals surface area contributed by atoms with Crippen molar-refractivity contribution in [2.45, 2.75) is 63.0 Å². The van der Waals surface area contributed by atoms with Crippen molar-refractivity contribution in [3.63, 3.8) is 0 Å². The number of likely N-dealkylation sites (tertiary alicyclic amines) is 2. The standard InChI is InChI=1S/C32H41BrF3N7O4S/c1-39-10-12-40(13-11-39)22-2-6-41(7-3-22)29(44)27(16-20-14-24(32(34,35)36)28(37)25(33)15-20)47-31(46)42-8-4-23(5-9-42)43-17-21-18-48-19-26(21)38-30(43)45/h14-15,18-19,22-23,27H,2-13,16-17,37H2,1H3,(H,38,45)/t27-/m1/s1. The van der Waals surface area contributed by atoms with Crippen LogP contribution >= 0.6 is 27.3 Å². The first-order valence-electron chi connectivity index (χ1n) is 16.3. The number of likely N-dealkylation sites (N-methyl/N-ethyl adjacent to an activating group) is 1. The molecule has 0 saturated carbocycles. The highest BCUT2D eigenvalue weighted by Gasteiger charge is 2.38. The molecule has 0 spiro atoms. The minimum Gasteiger partial charge on any atom is -0.436 e. The molecule has 262 valence electrons. The van der Waals surface area contributed by atoms with Crippen LogP contribution < -0.4 is 11.1 Å². The molecule has 3 fully saturated rings. The highest BCUT2D eigenvalue weighted by atomic mass is 79.9. The number of rotatable bonds is 6. The molecule has 3 N–H and O–H groups in total. The molecule has 0 unspecified atom stereocenters. The molecule has 0 aliphatic carbocycles. The van der Waals surface area contributed by atoms with Crippen LogP contribution in [0.3, 0.4) is 0 Å². The Morgan fingerprint density at radius 2 is 1.65 bits per heavy atom. The lowest BCUT2D eigenvalue weighted by molar-refractivity contribution is -0.142. The van der Waals surface area contributed by atoms with Crippen molar-refractivity contribution in [3.8, 4) is 0 Å². The van der Waals surface area contributed by atoms with E-state index in [2.05, 4.69) is 38.1 Å². The smallest absolute Gasteiger partial charge is 0.418 e. The molecule has 1 aromatic heterocycles. The summed E-state index contributed by atoms with van der Waals surface area (Å²) in [5.74, 6) is -0.423. The SMILES string of the molecule is CN1CCN(C2CCN(C(=O)[C@@H](Cc3cc(Br)c(N)c(C(F)(F)F)c3)OC(=O)N3CCC(N4Cc5cscc5NC4=O)CC3)CC2)CC1. The fourth-order valence-electron chi connectivity index (χ4n) is 7.11. The zero-order valence-corrected chi connectivity index (χ0v) is 29.2. The van der Waals surface area contributed by atoms with Crippen LogP contribution in [0, 0.1) is 0 Å². The van der Waals surface area contributed by atoms with Crippen LogP contribution in [0.4, 0.5) is 34.1 Å². The van der Waals surface area contributed by atoms with Crippen molar-refractivity contribution in [2.75, 3.05) is 70.5 Å². The number of amides is 4. The van der Waals surface area contributed by atoms with E-state index in [9.17, 15) is 27.6 Å². The Hall–Kier alpha value is -3.08. The quantitative estimate of drug-likeness (QED) is 0.403. The number of carbonyl (C=O) groups excluding carboxylic acids is 3. The second-order valence-electron chi connectivity index (χ2n) is 13.1. The zero-order valence-electron chi connectivity index (χ0n) is 26.8. The molecule has 0 radical (unpaired) electrons. The first kappa shape index (κ1) is 34.8. The number of fused-ring (bicyclic) bond motifs is 1. The number of nitrogens with zero attached hydrogens (tertiary/aromatic N) is 5. The van der Waals surface area contributed by atoms with Gasteiger partial charge in [0.1, 0.15) is 0 Å². The number of hydrogen-bond donors (Lipinski definition) is 2. The Balaban J connectivity index is 1.13. The van der Waals surface area contributed by atoms with Gasteiger partial charge in [0.05, 0.1) is 23.5 Å². The molecule has 1 atom stereocenters. The van der Waals surface area contributed by atoms with Crippen molar-refractivity contribution >= 4 is 56.7 Å². The lowest BCUT2D eigenvalue weighted by Gasteiger charge is -2.42. The molecular weight excluding hydrogens is 715 g/mol. The largest absolute Gasteiger partial charge is 0.436 e. The number of anilines is 2. The number of carbonyl (C=O) groups is 3. The van der Waals surface area contributed by atoms with Gasteiger partial charge < -0.3 is 35.4 Å². The summed E-state index contributed by atoms with van der Waals surface area (Å²) in [4.78, 5) is 49.9. The van der Waals surface area contributed by atoms with Gasteiger partial charge in [0, 0.05) is 86.3 Å². The minimum absolute atomic E-state index is 0.0521. The van der Waals surface area contributed by atoms with Gasteiger partial charge in [0.2, 0.25) is 0 Å². The van der Waals surface area contributed by atoms with E-state index >= 15 is 0 Å². The molecule has 0 bridgehead atoms. The third-order valence-electron chi connectivity index (χ3n) is 10.0. The van der Waals surface area contributed by atoms with E-state index in [0.29, 0.717) is 51.6 Å². The highest BCUT2D eigenvalue weighted by Crippen LogP contribution is 2.38. The van der Waals surface area contributed by atoms with E-state index in [1.165, 1.54) is 22.3 Å². The Labute approximate surface area is 290 Å². The van der Waals surface area contributed by atoms with Crippen LogP contribution in [0.25, 0.3) is 0 Å². The van der Waals surface area contributed by atoms with Gasteiger partial charge in [-0.15, -0.1) is 11.3 Å². The van der Waals surface area contributed by atoms with Crippen LogP contribution in [-0.4, -0.2) is 120 Å². The number of halogens is 4. The number of hydrogen-bond acceptors (Lipinski definition) is 8. The summed E-state index contributed by atoms with van der Waals surface area (Å²) in [5.41, 5.74) is 6.32. The van der Waals surface area contributed by atoms with Gasteiger partial charge in [-0.2, -0.15) is 13.2 Å². The molecule has 11 nitrogen and oxygen atoms in total. The molecule has 6 rings (SSSR count). The van der Waals surface area contributed by atoms with E-state index < -0.39 is 35.5 Å². The van der Waals surface area contributed by atoms with Crippen LogP contribution in [0.1, 0.15) is 42.4 Å². The number of piperazine rings is 1. The van der Waals surface area contributed by atoms with Gasteiger partial charge in [-0.05, 0) is 71.7 Å². The fraction of sp³-hybridized carbons (Fsp3) is 0.594. The number of benzene rings is 1. The van der Waals surface area contributed by atoms with E-state index in [1.54, 1.807) is 9.80 Å². The lowest BCUT2D eigenvalue weighted by Crippen LogP contribution is -2.54. The number of nitrogens with two attached hydrogens (primary N) is 1. The summed E-state index contributed by atoms with van der Waals surface area (Å²) in [5, 5.41) is 6.84. The molecule has 5 heterocycles. The summed E-state index contributed by atoms with van der Waals surface area (Å²) in [6.07, 6.45) is -4.37. The average molecular weight is 757 g/mol. The number of piperidine rings is 2. The molecule has 4 aliphatic rings. The monoisotopic (exact) mass is 755 g/mol. The average Bonchev–Trinajstić information content (AvgIpc) is 3.52. The van der Waals surface area contributed by atoms with Gasteiger partial charge >= 0.3 is 18.3 Å². The van der Waals surface area contributed by atoms with Crippen LogP contribution in [0.15, 0.2) is 27.4 Å². The van der Waals surface area contributed by atoms with Crippen molar-refractivity contribution in [2.24, 2.45) is 0 Å². The third kappa shape index (κ3) is 7.71. The maximum atomic E-state index is 14.0. The highest BCUT2D eigenvalue weighted by molar-refractivity contribution is 9.10. The van der Waals surface area contributed by atoms with Crippen molar-refractivity contribution < 1.29 is 32.3 Å². The Kier molecular flexibility index (Phi) is 10.4. The van der Waals surface area contributed by atoms with Gasteiger partial charge in [-0.1, -0.05) is 0 Å².